The van der Waals surface area contributed by atoms with Crippen molar-refractivity contribution in [2.75, 3.05) is 24.2 Å². The molecule has 0 aromatic heterocycles. The normalized spacial score (nSPS) is 11.0. The van der Waals surface area contributed by atoms with Crippen LogP contribution in [0, 0.1) is 5.82 Å². The van der Waals surface area contributed by atoms with Gasteiger partial charge in [-0.3, -0.25) is 9.10 Å². The summed E-state index contributed by atoms with van der Waals surface area (Å²) in [5.41, 5.74) is 2.01. The number of sulfonamides is 1. The van der Waals surface area contributed by atoms with Gasteiger partial charge in [0.05, 0.1) is 19.1 Å². The van der Waals surface area contributed by atoms with Gasteiger partial charge < -0.3 is 14.8 Å². The number of methoxy groups -OCH3 is 1. The standard InChI is InChI=1S/C24H25FN2O5S/c1-31-23-5-3-4-21(14-23)27(33(2,29)30)16-24(28)26-15-18-8-12-22(13-9-18)32-17-19-6-10-20(25)11-7-19/h3-14H,15-17H2,1-2H3,(H,26,28). The van der Waals surface area contributed by atoms with Crippen molar-refractivity contribution in [3.05, 3.63) is 89.7 Å². The second kappa shape index (κ2) is 10.8. The molecular weight excluding hydrogens is 447 g/mol. The first-order valence-corrected chi connectivity index (χ1v) is 11.9. The molecule has 7 nitrogen and oxygen atoms in total. The minimum Gasteiger partial charge on any atom is -0.497 e. The Morgan fingerprint density at radius 2 is 1.64 bits per heavy atom. The van der Waals surface area contributed by atoms with E-state index in [9.17, 15) is 17.6 Å². The molecule has 0 saturated carbocycles. The van der Waals surface area contributed by atoms with Crippen LogP contribution < -0.4 is 19.1 Å². The molecule has 174 valence electrons. The molecule has 9 heteroatoms. The second-order valence-corrected chi connectivity index (χ2v) is 9.21. The quantitative estimate of drug-likeness (QED) is 0.488. The molecule has 0 aliphatic rings. The van der Waals surface area contributed by atoms with Crippen molar-refractivity contribution in [3.8, 4) is 11.5 Å². The van der Waals surface area contributed by atoms with Gasteiger partial charge in [-0.05, 0) is 47.5 Å². The first kappa shape index (κ1) is 24.1. The number of carbonyl (C=O) groups excluding carboxylic acids is 1. The van der Waals surface area contributed by atoms with Gasteiger partial charge in [0.15, 0.2) is 0 Å². The molecule has 0 heterocycles. The lowest BCUT2D eigenvalue weighted by atomic mass is 10.2. The first-order chi connectivity index (χ1) is 15.7. The van der Waals surface area contributed by atoms with Crippen molar-refractivity contribution in [1.29, 1.82) is 0 Å². The summed E-state index contributed by atoms with van der Waals surface area (Å²) in [6.07, 6.45) is 1.05. The van der Waals surface area contributed by atoms with Crippen molar-refractivity contribution < 1.29 is 27.1 Å². The zero-order valence-corrected chi connectivity index (χ0v) is 19.1. The van der Waals surface area contributed by atoms with Gasteiger partial charge in [0.2, 0.25) is 15.9 Å². The summed E-state index contributed by atoms with van der Waals surface area (Å²) in [7, 11) is -2.20. The van der Waals surface area contributed by atoms with E-state index in [-0.39, 0.29) is 18.9 Å². The number of rotatable bonds is 10. The van der Waals surface area contributed by atoms with Gasteiger partial charge in [0.25, 0.3) is 0 Å². The van der Waals surface area contributed by atoms with Gasteiger partial charge in [-0.2, -0.15) is 0 Å². The van der Waals surface area contributed by atoms with Crippen molar-refractivity contribution >= 4 is 21.6 Å². The fourth-order valence-corrected chi connectivity index (χ4v) is 3.85. The maximum atomic E-state index is 13.0. The summed E-state index contributed by atoms with van der Waals surface area (Å²) >= 11 is 0. The molecule has 0 unspecified atom stereocenters. The first-order valence-electron chi connectivity index (χ1n) is 10.1. The fraction of sp³-hybridized carbons (Fsp3) is 0.208. The molecule has 0 bridgehead atoms. The molecule has 1 amide bonds. The van der Waals surface area contributed by atoms with Gasteiger partial charge >= 0.3 is 0 Å². The van der Waals surface area contributed by atoms with Gasteiger partial charge in [-0.25, -0.2) is 12.8 Å². The Bertz CT molecular complexity index is 1180. The largest absolute Gasteiger partial charge is 0.497 e. The molecule has 1 N–H and O–H groups in total. The van der Waals surface area contributed by atoms with Gasteiger partial charge in [-0.15, -0.1) is 0 Å². The number of nitrogens with zero attached hydrogens (tertiary/aromatic N) is 1. The molecule has 0 saturated heterocycles. The summed E-state index contributed by atoms with van der Waals surface area (Å²) in [6.45, 7) is 0.180. The lowest BCUT2D eigenvalue weighted by Gasteiger charge is -2.22. The smallest absolute Gasteiger partial charge is 0.241 e. The molecular formula is C24H25FN2O5S. The highest BCUT2D eigenvalue weighted by atomic mass is 32.2. The Kier molecular flexibility index (Phi) is 7.89. The molecule has 3 aromatic carbocycles. The number of benzene rings is 3. The molecule has 0 spiro atoms. The van der Waals surface area contributed by atoms with E-state index in [1.807, 2.05) is 0 Å². The van der Waals surface area contributed by atoms with Gasteiger partial charge in [0.1, 0.15) is 30.5 Å². The summed E-state index contributed by atoms with van der Waals surface area (Å²) in [4.78, 5) is 12.5. The number of nitrogens with one attached hydrogen (secondary N) is 1. The van der Waals surface area contributed by atoms with Crippen molar-refractivity contribution in [2.24, 2.45) is 0 Å². The summed E-state index contributed by atoms with van der Waals surface area (Å²) < 4.78 is 49.3. The van der Waals surface area contributed by atoms with E-state index in [0.717, 1.165) is 21.7 Å². The Hall–Kier alpha value is -3.59. The van der Waals surface area contributed by atoms with Crippen molar-refractivity contribution in [1.82, 2.24) is 5.32 Å². The minimum absolute atomic E-state index is 0.229. The molecule has 0 radical (unpaired) electrons. The molecule has 3 rings (SSSR count). The van der Waals surface area contributed by atoms with E-state index >= 15 is 0 Å². The Morgan fingerprint density at radius 1 is 0.970 bits per heavy atom. The van der Waals surface area contributed by atoms with E-state index in [1.54, 1.807) is 60.7 Å². The summed E-state index contributed by atoms with van der Waals surface area (Å²) in [5, 5.41) is 2.73. The Morgan fingerprint density at radius 3 is 2.27 bits per heavy atom. The highest BCUT2D eigenvalue weighted by molar-refractivity contribution is 7.92. The monoisotopic (exact) mass is 472 g/mol. The predicted octanol–water partition coefficient (Wildman–Crippen LogP) is 3.50. The molecule has 3 aromatic rings. The molecule has 33 heavy (non-hydrogen) atoms. The van der Waals surface area contributed by atoms with Crippen LogP contribution in [0.2, 0.25) is 0 Å². The van der Waals surface area contributed by atoms with Crippen LogP contribution >= 0.6 is 0 Å². The van der Waals surface area contributed by atoms with E-state index in [0.29, 0.717) is 23.8 Å². The number of ether oxygens (including phenoxy) is 2. The van der Waals surface area contributed by atoms with E-state index in [2.05, 4.69) is 5.32 Å². The molecule has 0 fully saturated rings. The zero-order chi connectivity index (χ0) is 23.8. The summed E-state index contributed by atoms with van der Waals surface area (Å²) in [5.74, 6) is 0.382. The van der Waals surface area contributed by atoms with Crippen LogP contribution in [0.15, 0.2) is 72.8 Å². The topological polar surface area (TPSA) is 84.9 Å². The Balaban J connectivity index is 1.55. The third-order valence-corrected chi connectivity index (χ3v) is 5.90. The predicted molar refractivity (Wildman–Crippen MR) is 124 cm³/mol. The molecule has 0 aliphatic heterocycles. The minimum atomic E-state index is -3.68. The van der Waals surface area contributed by atoms with Crippen LogP contribution in [0.4, 0.5) is 10.1 Å². The number of halogens is 1. The van der Waals surface area contributed by atoms with E-state index in [4.69, 9.17) is 9.47 Å². The number of amides is 1. The summed E-state index contributed by atoms with van der Waals surface area (Å²) in [6, 6.07) is 19.7. The van der Waals surface area contributed by atoms with E-state index in [1.165, 1.54) is 19.2 Å². The van der Waals surface area contributed by atoms with Crippen LogP contribution in [0.25, 0.3) is 0 Å². The highest BCUT2D eigenvalue weighted by Crippen LogP contribution is 2.23. The molecule has 0 aliphatic carbocycles. The van der Waals surface area contributed by atoms with E-state index < -0.39 is 15.9 Å². The van der Waals surface area contributed by atoms with Gasteiger partial charge in [0, 0.05) is 12.6 Å². The van der Waals surface area contributed by atoms with Crippen LogP contribution in [0.1, 0.15) is 11.1 Å². The fourth-order valence-electron chi connectivity index (χ4n) is 3.00. The van der Waals surface area contributed by atoms with Crippen LogP contribution in [0.3, 0.4) is 0 Å². The Labute approximate surface area is 192 Å². The number of anilines is 1. The van der Waals surface area contributed by atoms with Crippen LogP contribution in [0.5, 0.6) is 11.5 Å². The number of hydrogen-bond acceptors (Lipinski definition) is 5. The maximum Gasteiger partial charge on any atom is 0.241 e. The van der Waals surface area contributed by atoms with Crippen LogP contribution in [-0.4, -0.2) is 34.2 Å². The van der Waals surface area contributed by atoms with Crippen molar-refractivity contribution in [2.45, 2.75) is 13.2 Å². The third-order valence-electron chi connectivity index (χ3n) is 4.76. The SMILES string of the molecule is COc1cccc(N(CC(=O)NCc2ccc(OCc3ccc(F)cc3)cc2)S(C)(=O)=O)c1. The highest BCUT2D eigenvalue weighted by Gasteiger charge is 2.21. The van der Waals surface area contributed by atoms with Gasteiger partial charge in [-0.1, -0.05) is 30.3 Å². The average Bonchev–Trinajstić information content (AvgIpc) is 2.81. The lowest BCUT2D eigenvalue weighted by Crippen LogP contribution is -2.40. The number of hydrogen-bond donors (Lipinski definition) is 1. The zero-order valence-electron chi connectivity index (χ0n) is 18.3. The average molecular weight is 473 g/mol. The third kappa shape index (κ3) is 7.21. The maximum absolute atomic E-state index is 13.0. The van der Waals surface area contributed by atoms with Crippen molar-refractivity contribution in [3.63, 3.8) is 0 Å². The number of carbonyl (C=O) groups is 1. The molecule has 0 atom stereocenters. The lowest BCUT2D eigenvalue weighted by molar-refractivity contribution is -0.119. The second-order valence-electron chi connectivity index (χ2n) is 7.31. The van der Waals surface area contributed by atoms with Crippen LogP contribution in [-0.2, 0) is 28.0 Å².